The molecule has 0 aromatic carbocycles. The number of esters is 1. The van der Waals surface area contributed by atoms with E-state index >= 15 is 0 Å². The summed E-state index contributed by atoms with van der Waals surface area (Å²) in [6, 6.07) is -0.628. The summed E-state index contributed by atoms with van der Waals surface area (Å²) in [4.78, 5) is 24.6. The minimum atomic E-state index is -0.845. The first-order chi connectivity index (χ1) is 37.0. The summed E-state index contributed by atoms with van der Waals surface area (Å²) in [5.74, 6) is -0.0474. The zero-order valence-electron chi connectivity index (χ0n) is 51.1. The molecule has 0 aliphatic carbocycles. The van der Waals surface area contributed by atoms with Gasteiger partial charge < -0.3 is 20.3 Å². The van der Waals surface area contributed by atoms with Crippen LogP contribution in [0.2, 0.25) is 0 Å². The zero-order valence-corrected chi connectivity index (χ0v) is 51.1. The number of aliphatic hydroxyl groups excluding tert-OH is 2. The molecule has 0 fully saturated rings. The van der Waals surface area contributed by atoms with E-state index in [1.54, 1.807) is 6.08 Å². The van der Waals surface area contributed by atoms with Crippen LogP contribution < -0.4 is 5.32 Å². The number of aliphatic hydroxyl groups is 2. The second-order valence-corrected chi connectivity index (χ2v) is 23.9. The lowest BCUT2D eigenvalue weighted by Crippen LogP contribution is -2.45. The Morgan fingerprint density at radius 1 is 0.360 bits per heavy atom. The number of amides is 1. The summed E-state index contributed by atoms with van der Waals surface area (Å²) < 4.78 is 5.49. The van der Waals surface area contributed by atoms with Gasteiger partial charge in [0.15, 0.2) is 0 Å². The minimum absolute atomic E-state index is 0.0161. The maximum atomic E-state index is 12.5. The van der Waals surface area contributed by atoms with Crippen molar-refractivity contribution in [2.24, 2.45) is 0 Å². The maximum Gasteiger partial charge on any atom is 0.305 e. The molecule has 0 saturated carbocycles. The van der Waals surface area contributed by atoms with E-state index in [2.05, 4.69) is 19.2 Å². The first-order valence-electron chi connectivity index (χ1n) is 34.5. The van der Waals surface area contributed by atoms with Crippen molar-refractivity contribution < 1.29 is 24.5 Å². The Labute approximate surface area is 469 Å². The Morgan fingerprint density at radius 3 is 0.907 bits per heavy atom. The summed E-state index contributed by atoms with van der Waals surface area (Å²) in [5.41, 5.74) is 0. The van der Waals surface area contributed by atoms with Crippen LogP contribution in [-0.4, -0.2) is 47.4 Å². The number of allylic oxidation sites excluding steroid dienone is 1. The lowest BCUT2D eigenvalue weighted by Gasteiger charge is -2.20. The lowest BCUT2D eigenvalue weighted by molar-refractivity contribution is -0.143. The largest absolute Gasteiger partial charge is 0.466 e. The summed E-state index contributed by atoms with van der Waals surface area (Å²) in [6.07, 6.45) is 79.9. The van der Waals surface area contributed by atoms with Crippen molar-refractivity contribution in [2.75, 3.05) is 13.2 Å². The van der Waals surface area contributed by atoms with E-state index in [1.807, 2.05) is 6.08 Å². The second-order valence-electron chi connectivity index (χ2n) is 23.9. The van der Waals surface area contributed by atoms with Gasteiger partial charge in [-0.25, -0.2) is 0 Å². The van der Waals surface area contributed by atoms with Gasteiger partial charge in [-0.05, 0) is 32.1 Å². The van der Waals surface area contributed by atoms with Crippen LogP contribution in [0.4, 0.5) is 0 Å². The Morgan fingerprint density at radius 2 is 0.613 bits per heavy atom. The van der Waals surface area contributed by atoms with Crippen molar-refractivity contribution in [2.45, 2.75) is 405 Å². The molecule has 0 aliphatic heterocycles. The standard InChI is InChI=1S/C69H135NO5/c1-3-5-7-9-11-13-15-17-19-20-21-22-25-28-31-34-37-41-45-49-53-57-61-67(72)66(65-71)70-68(73)62-58-54-50-46-42-38-35-32-29-26-23-24-27-30-33-36-40-44-48-52-56-60-64-75-69(74)63-59-55-51-47-43-39-18-16-14-12-10-8-6-4-2/h57,61,66-67,71-72H,3-56,58-60,62-65H2,1-2H3,(H,70,73)/b61-57+. The van der Waals surface area contributed by atoms with Crippen LogP contribution in [0, 0.1) is 0 Å². The van der Waals surface area contributed by atoms with Gasteiger partial charge in [0, 0.05) is 12.8 Å². The molecule has 3 N–H and O–H groups in total. The number of hydrogen-bond donors (Lipinski definition) is 3. The molecule has 0 aliphatic rings. The fourth-order valence-corrected chi connectivity index (χ4v) is 11.1. The van der Waals surface area contributed by atoms with Gasteiger partial charge in [0.1, 0.15) is 0 Å². The van der Waals surface area contributed by atoms with E-state index in [9.17, 15) is 19.8 Å². The average molecular weight is 1060 g/mol. The molecule has 446 valence electrons. The number of carbonyl (C=O) groups is 2. The predicted octanol–water partition coefficient (Wildman–Crippen LogP) is 22.0. The normalized spacial score (nSPS) is 12.5. The molecule has 2 atom stereocenters. The zero-order chi connectivity index (χ0) is 54.3. The van der Waals surface area contributed by atoms with E-state index < -0.39 is 12.1 Å². The van der Waals surface area contributed by atoms with Gasteiger partial charge in [-0.2, -0.15) is 0 Å². The SMILES string of the molecule is CCCCCCCCCCCCCCCCCCCCCC/C=C/C(O)C(CO)NC(=O)CCCCCCCCCCCCCCCCCCCCCCCCOC(=O)CCCCCCCCCCCCCCCC. The van der Waals surface area contributed by atoms with Gasteiger partial charge in [0.2, 0.25) is 5.91 Å². The highest BCUT2D eigenvalue weighted by Gasteiger charge is 2.18. The lowest BCUT2D eigenvalue weighted by atomic mass is 10.0. The molecular formula is C69H135NO5. The number of ether oxygens (including phenoxy) is 1. The monoisotopic (exact) mass is 1060 g/mol. The van der Waals surface area contributed by atoms with Crippen molar-refractivity contribution >= 4 is 11.9 Å². The first-order valence-corrected chi connectivity index (χ1v) is 34.5. The molecule has 0 heterocycles. The van der Waals surface area contributed by atoms with Crippen LogP contribution in [0.1, 0.15) is 393 Å². The number of nitrogens with one attached hydrogen (secondary N) is 1. The van der Waals surface area contributed by atoms with Crippen LogP contribution in [0.15, 0.2) is 12.2 Å². The molecule has 6 heteroatoms. The van der Waals surface area contributed by atoms with E-state index in [0.717, 1.165) is 38.5 Å². The summed E-state index contributed by atoms with van der Waals surface area (Å²) in [5, 5.41) is 23.3. The van der Waals surface area contributed by atoms with Crippen molar-refractivity contribution in [1.82, 2.24) is 5.32 Å². The topological polar surface area (TPSA) is 95.9 Å². The van der Waals surface area contributed by atoms with Crippen LogP contribution in [0.3, 0.4) is 0 Å². The van der Waals surface area contributed by atoms with E-state index in [0.29, 0.717) is 19.4 Å². The molecule has 0 spiro atoms. The molecular weight excluding hydrogens is 923 g/mol. The van der Waals surface area contributed by atoms with E-state index in [-0.39, 0.29) is 18.5 Å². The molecule has 0 radical (unpaired) electrons. The summed E-state index contributed by atoms with van der Waals surface area (Å²) >= 11 is 0. The summed E-state index contributed by atoms with van der Waals surface area (Å²) in [6.45, 7) is 4.95. The van der Waals surface area contributed by atoms with Gasteiger partial charge >= 0.3 is 5.97 Å². The van der Waals surface area contributed by atoms with Crippen molar-refractivity contribution in [3.05, 3.63) is 12.2 Å². The Kier molecular flexibility index (Phi) is 63.9. The molecule has 2 unspecified atom stereocenters. The molecule has 0 rings (SSSR count). The molecule has 0 aromatic rings. The number of carbonyl (C=O) groups excluding carboxylic acids is 2. The fourth-order valence-electron chi connectivity index (χ4n) is 11.1. The van der Waals surface area contributed by atoms with Crippen LogP contribution in [-0.2, 0) is 14.3 Å². The minimum Gasteiger partial charge on any atom is -0.466 e. The van der Waals surface area contributed by atoms with E-state index in [4.69, 9.17) is 4.74 Å². The number of hydrogen-bond acceptors (Lipinski definition) is 5. The highest BCUT2D eigenvalue weighted by Crippen LogP contribution is 2.19. The highest BCUT2D eigenvalue weighted by molar-refractivity contribution is 5.76. The third-order valence-corrected chi connectivity index (χ3v) is 16.3. The first kappa shape index (κ1) is 73.6. The molecule has 0 aromatic heterocycles. The Bertz CT molecular complexity index is 1130. The molecule has 0 bridgehead atoms. The third-order valence-electron chi connectivity index (χ3n) is 16.3. The molecule has 0 saturated heterocycles. The van der Waals surface area contributed by atoms with Crippen LogP contribution in [0.5, 0.6) is 0 Å². The van der Waals surface area contributed by atoms with Gasteiger partial charge in [-0.1, -0.05) is 360 Å². The van der Waals surface area contributed by atoms with Gasteiger partial charge in [-0.15, -0.1) is 0 Å². The predicted molar refractivity (Wildman–Crippen MR) is 329 cm³/mol. The van der Waals surface area contributed by atoms with Crippen molar-refractivity contribution in [3.8, 4) is 0 Å². The van der Waals surface area contributed by atoms with Crippen molar-refractivity contribution in [3.63, 3.8) is 0 Å². The molecule has 75 heavy (non-hydrogen) atoms. The van der Waals surface area contributed by atoms with Crippen LogP contribution in [0.25, 0.3) is 0 Å². The molecule has 1 amide bonds. The van der Waals surface area contributed by atoms with Gasteiger partial charge in [-0.3, -0.25) is 9.59 Å². The smallest absolute Gasteiger partial charge is 0.305 e. The van der Waals surface area contributed by atoms with Crippen LogP contribution >= 0.6 is 0 Å². The molecule has 6 nitrogen and oxygen atoms in total. The summed E-state index contributed by atoms with van der Waals surface area (Å²) in [7, 11) is 0. The maximum absolute atomic E-state index is 12.5. The third kappa shape index (κ3) is 61.7. The average Bonchev–Trinajstić information content (AvgIpc) is 3.41. The Balaban J connectivity index is 3.40. The van der Waals surface area contributed by atoms with Gasteiger partial charge in [0.05, 0.1) is 25.4 Å². The highest BCUT2D eigenvalue weighted by atomic mass is 16.5. The van der Waals surface area contributed by atoms with Gasteiger partial charge in [0.25, 0.3) is 0 Å². The number of unbranched alkanes of at least 4 members (excludes halogenated alkanes) is 54. The Hall–Kier alpha value is -1.40. The quantitative estimate of drug-likeness (QED) is 0.0320. The van der Waals surface area contributed by atoms with Crippen molar-refractivity contribution in [1.29, 1.82) is 0 Å². The fraction of sp³-hybridized carbons (Fsp3) is 0.942. The second kappa shape index (κ2) is 65.1. The number of rotatable bonds is 65. The van der Waals surface area contributed by atoms with E-state index in [1.165, 1.54) is 327 Å².